The number of aliphatic hydroxyl groups excluding tert-OH is 1. The van der Waals surface area contributed by atoms with E-state index in [9.17, 15) is 18.7 Å². The van der Waals surface area contributed by atoms with Crippen LogP contribution in [0.4, 0.5) is 8.78 Å². The summed E-state index contributed by atoms with van der Waals surface area (Å²) < 4.78 is 46.9. The van der Waals surface area contributed by atoms with Gasteiger partial charge in [-0.3, -0.25) is 4.79 Å². The van der Waals surface area contributed by atoms with Crippen molar-refractivity contribution < 1.29 is 41.2 Å². The van der Waals surface area contributed by atoms with Crippen LogP contribution in [0.2, 0.25) is 0 Å². The summed E-state index contributed by atoms with van der Waals surface area (Å²) in [4.78, 5) is 19.3. The summed E-state index contributed by atoms with van der Waals surface area (Å²) in [5.74, 6) is -0.501. The van der Waals surface area contributed by atoms with Gasteiger partial charge in [-0.2, -0.15) is 0 Å². The van der Waals surface area contributed by atoms with E-state index in [0.29, 0.717) is 5.69 Å². The zero-order chi connectivity index (χ0) is 33.8. The van der Waals surface area contributed by atoms with Crippen molar-refractivity contribution >= 4 is 6.29 Å². The van der Waals surface area contributed by atoms with Gasteiger partial charge >= 0.3 is 22.5 Å². The molecule has 0 aliphatic carbocycles. The molecule has 2 unspecified atom stereocenters. The second-order valence-electron chi connectivity index (χ2n) is 10.4. The van der Waals surface area contributed by atoms with Crippen molar-refractivity contribution in [1.29, 1.82) is 0 Å². The third kappa shape index (κ3) is 8.59. The van der Waals surface area contributed by atoms with Gasteiger partial charge in [0.05, 0.1) is 49.4 Å². The number of aldehydes is 1. The number of hydrogen-bond donors (Lipinski definition) is 1. The predicted octanol–water partition coefficient (Wildman–Crippen LogP) is 7.66. The Hall–Kier alpha value is -5.09. The van der Waals surface area contributed by atoms with Crippen molar-refractivity contribution in [2.45, 2.75) is 32.5 Å². The first-order valence-electron chi connectivity index (χ1n) is 14.5. The van der Waals surface area contributed by atoms with E-state index >= 15 is 0 Å². The Bertz CT molecular complexity index is 1940. The first kappa shape index (κ1) is 34.8. The number of aromatic nitrogens is 4. The number of benzene rings is 4. The van der Waals surface area contributed by atoms with Gasteiger partial charge in [0.2, 0.25) is 0 Å². The van der Waals surface area contributed by atoms with Gasteiger partial charge in [-0.25, -0.2) is 18.7 Å². The minimum atomic E-state index is -1.44. The zero-order valence-electron chi connectivity index (χ0n) is 25.6. The van der Waals surface area contributed by atoms with Crippen LogP contribution in [-0.4, -0.2) is 30.5 Å². The van der Waals surface area contributed by atoms with Crippen LogP contribution in [0.1, 0.15) is 53.2 Å². The average molecular weight is 678 g/mol. The second-order valence-corrected chi connectivity index (χ2v) is 10.6. The number of aliphatic hydroxyl groups is 1. The topological polar surface area (TPSA) is 107 Å². The summed E-state index contributed by atoms with van der Waals surface area (Å²) in [5, 5.41) is 9.42. The third-order valence-electron chi connectivity index (χ3n) is 7.69. The Kier molecular flexibility index (Phi) is 12.6. The summed E-state index contributed by atoms with van der Waals surface area (Å²) >= 11 is -1.44. The summed E-state index contributed by atoms with van der Waals surface area (Å²) in [6, 6.07) is 28.8. The molecule has 2 heterocycles. The van der Waals surface area contributed by atoms with Gasteiger partial charge in [-0.15, -0.1) is 0 Å². The van der Waals surface area contributed by atoms with Crippen molar-refractivity contribution in [3.05, 3.63) is 156 Å². The van der Waals surface area contributed by atoms with E-state index in [1.54, 1.807) is 49.3 Å². The second kappa shape index (κ2) is 17.0. The van der Waals surface area contributed by atoms with Crippen LogP contribution in [-0.2, 0) is 29.1 Å². The van der Waals surface area contributed by atoms with Crippen molar-refractivity contribution in [3.8, 4) is 22.3 Å². The summed E-state index contributed by atoms with van der Waals surface area (Å²) in [5.41, 5.74) is 7.42. The van der Waals surface area contributed by atoms with Crippen LogP contribution in [0.5, 0.6) is 0 Å². The Morgan fingerprint density at radius 3 is 1.60 bits per heavy atom. The van der Waals surface area contributed by atoms with Crippen LogP contribution < -0.4 is 0 Å². The molecule has 0 fully saturated rings. The molecule has 11 heteroatoms. The number of nitrogens with zero attached hydrogens (tertiary/aromatic N) is 4. The number of carbonyl (C=O) groups is 1. The van der Waals surface area contributed by atoms with E-state index in [2.05, 4.69) is 16.9 Å². The molecule has 4 aromatic carbocycles. The van der Waals surface area contributed by atoms with Gasteiger partial charge in [0.15, 0.2) is 6.29 Å². The van der Waals surface area contributed by atoms with Crippen molar-refractivity contribution in [1.82, 2.24) is 19.1 Å². The molecule has 0 bridgehead atoms. The fourth-order valence-electron chi connectivity index (χ4n) is 5.34. The van der Waals surface area contributed by atoms with Crippen molar-refractivity contribution in [2.75, 3.05) is 0 Å². The maximum atomic E-state index is 13.1. The summed E-state index contributed by atoms with van der Waals surface area (Å²) in [6.07, 6.45) is 7.37. The van der Waals surface area contributed by atoms with E-state index in [4.69, 9.17) is 7.67 Å². The van der Waals surface area contributed by atoms with E-state index in [-0.39, 0.29) is 30.3 Å². The van der Waals surface area contributed by atoms with Gasteiger partial charge in [0, 0.05) is 0 Å². The Morgan fingerprint density at radius 1 is 0.702 bits per heavy atom. The summed E-state index contributed by atoms with van der Waals surface area (Å²) in [7, 11) is 0. The van der Waals surface area contributed by atoms with Crippen LogP contribution in [0.25, 0.3) is 22.3 Å². The van der Waals surface area contributed by atoms with Gasteiger partial charge in [0.1, 0.15) is 17.3 Å². The van der Waals surface area contributed by atoms with Gasteiger partial charge in [-0.1, -0.05) is 72.8 Å². The van der Waals surface area contributed by atoms with Gasteiger partial charge < -0.3 is 14.2 Å². The molecule has 0 aliphatic rings. The molecule has 0 spiro atoms. The zero-order valence-corrected chi connectivity index (χ0v) is 26.8. The predicted molar refractivity (Wildman–Crippen MR) is 168 cm³/mol. The third-order valence-corrected chi connectivity index (χ3v) is 7.69. The van der Waals surface area contributed by atoms with E-state index in [0.717, 1.165) is 45.4 Å². The molecule has 6 rings (SSSR count). The number of rotatable bonds is 8. The monoisotopic (exact) mass is 677 g/mol. The molecule has 241 valence electrons. The first-order chi connectivity index (χ1) is 22.8. The van der Waals surface area contributed by atoms with E-state index < -0.39 is 14.8 Å². The number of imidazole rings is 2. The number of halogens is 2. The Morgan fingerprint density at radius 2 is 1.13 bits per heavy atom. The molecular weight excluding hydrogens is 645 g/mol. The van der Waals surface area contributed by atoms with E-state index in [1.165, 1.54) is 24.3 Å². The molecule has 0 saturated heterocycles. The molecule has 0 amide bonds. The van der Waals surface area contributed by atoms with Crippen molar-refractivity contribution in [2.24, 2.45) is 0 Å². The molecule has 47 heavy (non-hydrogen) atoms. The molecular formula is C36H32F2MnN4O4. The molecule has 2 atom stereocenters. The average Bonchev–Trinajstić information content (AvgIpc) is 3.79. The molecule has 1 N–H and O–H groups in total. The fourth-order valence-corrected chi connectivity index (χ4v) is 5.34. The molecule has 0 saturated carbocycles. The molecule has 6 aromatic rings. The Balaban J connectivity index is 0.000000197. The molecule has 8 nitrogen and oxygen atoms in total. The van der Waals surface area contributed by atoms with Gasteiger partial charge in [-0.05, 0) is 71.5 Å². The van der Waals surface area contributed by atoms with Crippen LogP contribution in [0.3, 0.4) is 0 Å². The fraction of sp³-hybridized carbons (Fsp3) is 0.139. The summed E-state index contributed by atoms with van der Waals surface area (Å²) in [6.45, 7) is 4.02. The number of hydrogen-bond acceptors (Lipinski definition) is 6. The van der Waals surface area contributed by atoms with Crippen LogP contribution in [0.15, 0.2) is 122 Å². The number of carbonyl (C=O) groups excluding carboxylic acids is 1. The molecule has 2 aromatic heterocycles. The molecule has 0 radical (unpaired) electrons. The standard InChI is InChI=1S/C18H17FN2O.C18H15FN2O.Mn.2O/c2*1-13(21-12-20-10-16(21)11-22)17-4-2-3-5-18(17)14-6-8-15(19)9-7-14;;;/h2-10,12-13,22H,11H2,1H3;2-13H,1H3;;;. The quantitative estimate of drug-likeness (QED) is 0.131. The molecule has 0 aliphatic heterocycles. The normalized spacial score (nSPS) is 11.7. The van der Waals surface area contributed by atoms with Gasteiger partial charge in [0.25, 0.3) is 0 Å². The van der Waals surface area contributed by atoms with Crippen LogP contribution in [0, 0.1) is 11.6 Å². The SMILES string of the molecule is CC(c1ccccc1-c1ccc(F)cc1)n1cncc1C=O.CC(c1ccccc1-c1ccc(F)cc1)n1cncc1CO.[O]=[Mn]=[O]. The van der Waals surface area contributed by atoms with E-state index in [1.807, 2.05) is 64.6 Å². The first-order valence-corrected chi connectivity index (χ1v) is 15.5. The van der Waals surface area contributed by atoms with Crippen LogP contribution >= 0.6 is 0 Å². The maximum absolute atomic E-state index is 13.1. The Labute approximate surface area is 277 Å². The van der Waals surface area contributed by atoms with Crippen molar-refractivity contribution in [3.63, 3.8) is 0 Å². The minimum absolute atomic E-state index is 0.0194.